The third kappa shape index (κ3) is 2.43. The van der Waals surface area contributed by atoms with Crippen LogP contribution in [0.5, 0.6) is 0 Å². The molecule has 0 fully saturated rings. The van der Waals surface area contributed by atoms with Crippen LogP contribution in [-0.2, 0) is 5.66 Å². The number of nitrogens with two attached hydrogens (primary N) is 2. The Balaban J connectivity index is 2.07. The predicted molar refractivity (Wildman–Crippen MR) is 89.9 cm³/mol. The normalized spacial score (nSPS) is 28.1. The van der Waals surface area contributed by atoms with Crippen molar-refractivity contribution in [2.45, 2.75) is 37.8 Å². The van der Waals surface area contributed by atoms with E-state index in [1.807, 2.05) is 19.1 Å². The maximum atomic E-state index is 6.58. The maximum absolute atomic E-state index is 6.58. The number of hydrogen-bond donors (Lipinski definition) is 2. The fraction of sp³-hybridized carbons (Fsp3) is 0.400. The van der Waals surface area contributed by atoms with Gasteiger partial charge in [-0.25, -0.2) is 9.98 Å². The van der Waals surface area contributed by atoms with Gasteiger partial charge in [-0.05, 0) is 18.4 Å². The highest BCUT2D eigenvalue weighted by Crippen LogP contribution is 2.34. The van der Waals surface area contributed by atoms with Crippen molar-refractivity contribution in [1.29, 1.82) is 0 Å². The first-order valence-electron chi connectivity index (χ1n) is 6.95. The monoisotopic (exact) mass is 301 g/mol. The Kier molecular flexibility index (Phi) is 3.47. The second-order valence-corrected chi connectivity index (χ2v) is 6.71. The van der Waals surface area contributed by atoms with Gasteiger partial charge >= 0.3 is 0 Å². The number of fused-ring (bicyclic) bond motifs is 1. The molecule has 0 aromatic heterocycles. The number of nitrogens with zero attached hydrogens (tertiary/aromatic N) is 3. The summed E-state index contributed by atoms with van der Waals surface area (Å²) in [6.45, 7) is 6.17. The molecule has 0 saturated heterocycles. The summed E-state index contributed by atoms with van der Waals surface area (Å²) in [6.07, 6.45) is 0. The van der Waals surface area contributed by atoms with Crippen LogP contribution in [0.3, 0.4) is 0 Å². The van der Waals surface area contributed by atoms with Crippen molar-refractivity contribution in [3.63, 3.8) is 0 Å². The number of hydrogen-bond acceptors (Lipinski definition) is 6. The van der Waals surface area contributed by atoms with Gasteiger partial charge in [-0.3, -0.25) is 10.7 Å². The molecular formula is C15H19N5S. The molecule has 1 aromatic carbocycles. The number of amidine groups is 1. The topological polar surface area (TPSA) is 89.1 Å². The number of benzene rings is 1. The van der Waals surface area contributed by atoms with Crippen molar-refractivity contribution in [3.05, 3.63) is 35.4 Å². The van der Waals surface area contributed by atoms with E-state index in [4.69, 9.17) is 11.5 Å². The first-order chi connectivity index (χ1) is 9.90. The Morgan fingerprint density at radius 3 is 2.52 bits per heavy atom. The van der Waals surface area contributed by atoms with Gasteiger partial charge in [-0.1, -0.05) is 49.9 Å². The lowest BCUT2D eigenvalue weighted by atomic mass is 9.92. The second-order valence-electron chi connectivity index (χ2n) is 5.61. The van der Waals surface area contributed by atoms with Crippen molar-refractivity contribution in [2.75, 3.05) is 0 Å². The Morgan fingerprint density at radius 2 is 1.90 bits per heavy atom. The Hall–Kier alpha value is -1.50. The summed E-state index contributed by atoms with van der Waals surface area (Å²) in [6, 6.07) is 8.22. The smallest absolute Gasteiger partial charge is 0.181 e. The van der Waals surface area contributed by atoms with Crippen LogP contribution in [0.2, 0.25) is 0 Å². The molecule has 2 atom stereocenters. The molecule has 0 amide bonds. The lowest BCUT2D eigenvalue weighted by Gasteiger charge is -2.29. The lowest BCUT2D eigenvalue weighted by molar-refractivity contribution is 0.638. The van der Waals surface area contributed by atoms with Gasteiger partial charge < -0.3 is 5.73 Å². The van der Waals surface area contributed by atoms with Crippen LogP contribution >= 0.6 is 11.8 Å². The van der Waals surface area contributed by atoms with Gasteiger partial charge in [0.05, 0.1) is 0 Å². The van der Waals surface area contributed by atoms with Crippen LogP contribution in [0.15, 0.2) is 39.2 Å². The molecule has 0 saturated carbocycles. The summed E-state index contributed by atoms with van der Waals surface area (Å²) in [7, 11) is 0. The van der Waals surface area contributed by atoms with E-state index in [-0.39, 0.29) is 5.50 Å². The highest BCUT2D eigenvalue weighted by Gasteiger charge is 2.42. The van der Waals surface area contributed by atoms with Crippen LogP contribution in [0.25, 0.3) is 0 Å². The van der Waals surface area contributed by atoms with Gasteiger partial charge in [0.1, 0.15) is 16.6 Å². The summed E-state index contributed by atoms with van der Waals surface area (Å²) < 4.78 is 0. The highest BCUT2D eigenvalue weighted by atomic mass is 32.2. The van der Waals surface area contributed by atoms with E-state index >= 15 is 0 Å². The first kappa shape index (κ1) is 14.4. The molecule has 0 spiro atoms. The summed E-state index contributed by atoms with van der Waals surface area (Å²) in [5.74, 6) is 1.13. The van der Waals surface area contributed by atoms with Crippen LogP contribution in [0.1, 0.15) is 37.8 Å². The predicted octanol–water partition coefficient (Wildman–Crippen LogP) is 2.18. The van der Waals surface area contributed by atoms with Gasteiger partial charge in [0.2, 0.25) is 0 Å². The number of thioether (sulfide) groups is 1. The van der Waals surface area contributed by atoms with Crippen molar-refractivity contribution >= 4 is 28.4 Å². The van der Waals surface area contributed by atoms with Gasteiger partial charge in [0.25, 0.3) is 0 Å². The fourth-order valence-corrected chi connectivity index (χ4v) is 3.41. The van der Waals surface area contributed by atoms with E-state index in [1.54, 1.807) is 0 Å². The molecule has 5 nitrogen and oxygen atoms in total. The van der Waals surface area contributed by atoms with E-state index in [9.17, 15) is 0 Å². The van der Waals surface area contributed by atoms with Crippen LogP contribution in [0.4, 0.5) is 0 Å². The summed E-state index contributed by atoms with van der Waals surface area (Å²) in [5.41, 5.74) is 14.0. The zero-order valence-corrected chi connectivity index (χ0v) is 13.2. The number of rotatable bonds is 2. The molecule has 0 radical (unpaired) electrons. The van der Waals surface area contributed by atoms with Gasteiger partial charge in [0, 0.05) is 5.56 Å². The average molecular weight is 301 g/mol. The minimum absolute atomic E-state index is 0.349. The maximum Gasteiger partial charge on any atom is 0.181 e. The molecule has 4 N–H and O–H groups in total. The molecule has 2 heterocycles. The molecule has 0 bridgehead atoms. The fourth-order valence-electron chi connectivity index (χ4n) is 2.52. The molecule has 2 aliphatic heterocycles. The van der Waals surface area contributed by atoms with Gasteiger partial charge in [-0.15, -0.1) is 0 Å². The standard InChI is InChI=1S/C15H19N5S/c1-8(2)10-4-6-11(7-5-10)15(17)12-13(18-9(3)20-15)21-14(16)19-12/h4-8,14H,16-17H2,1-3H3. The van der Waals surface area contributed by atoms with Crippen molar-refractivity contribution in [3.8, 4) is 0 Å². The molecule has 0 aliphatic carbocycles. The first-order valence-corrected chi connectivity index (χ1v) is 7.83. The Morgan fingerprint density at radius 1 is 1.24 bits per heavy atom. The third-order valence-corrected chi connectivity index (χ3v) is 4.53. The molecule has 1 aromatic rings. The van der Waals surface area contributed by atoms with E-state index in [0.29, 0.717) is 17.5 Å². The third-order valence-electron chi connectivity index (χ3n) is 3.67. The van der Waals surface area contributed by atoms with Crippen molar-refractivity contribution < 1.29 is 0 Å². The lowest BCUT2D eigenvalue weighted by Crippen LogP contribution is -2.48. The van der Waals surface area contributed by atoms with Gasteiger partial charge in [0.15, 0.2) is 11.2 Å². The van der Waals surface area contributed by atoms with Crippen LogP contribution < -0.4 is 11.5 Å². The van der Waals surface area contributed by atoms with E-state index in [2.05, 4.69) is 41.0 Å². The Labute approximate surface area is 128 Å². The molecule has 2 aliphatic rings. The molecule has 2 unspecified atom stereocenters. The largest absolute Gasteiger partial charge is 0.301 e. The quantitative estimate of drug-likeness (QED) is 0.877. The minimum atomic E-state index is -0.988. The summed E-state index contributed by atoms with van der Waals surface area (Å²) in [5, 5.41) is 0.783. The zero-order chi connectivity index (χ0) is 15.2. The van der Waals surface area contributed by atoms with Crippen molar-refractivity contribution in [1.82, 2.24) is 0 Å². The highest BCUT2D eigenvalue weighted by molar-refractivity contribution is 8.16. The molecule has 3 rings (SSSR count). The van der Waals surface area contributed by atoms with Crippen molar-refractivity contribution in [2.24, 2.45) is 26.4 Å². The van der Waals surface area contributed by atoms with Crippen LogP contribution in [0, 0.1) is 0 Å². The molecule has 21 heavy (non-hydrogen) atoms. The average Bonchev–Trinajstić information content (AvgIpc) is 2.80. The second kappa shape index (κ2) is 5.05. The Bertz CT molecular complexity index is 659. The zero-order valence-electron chi connectivity index (χ0n) is 12.4. The molecule has 6 heteroatoms. The van der Waals surface area contributed by atoms with E-state index in [1.165, 1.54) is 17.3 Å². The van der Waals surface area contributed by atoms with E-state index in [0.717, 1.165) is 10.6 Å². The molecular weight excluding hydrogens is 282 g/mol. The summed E-state index contributed by atoms with van der Waals surface area (Å²) in [4.78, 5) is 13.4. The van der Waals surface area contributed by atoms with Crippen LogP contribution in [-0.4, -0.2) is 22.1 Å². The minimum Gasteiger partial charge on any atom is -0.301 e. The molecule has 110 valence electrons. The van der Waals surface area contributed by atoms with Gasteiger partial charge in [-0.2, -0.15) is 0 Å². The number of aliphatic imine (C=N–C) groups is 3. The SMILES string of the molecule is CC1=NC(N)(c2ccc(C(C)C)cc2)C2=NC(N)SC2=N1. The summed E-state index contributed by atoms with van der Waals surface area (Å²) >= 11 is 1.42. The van der Waals surface area contributed by atoms with E-state index < -0.39 is 5.66 Å².